The number of anilines is 1. The first-order valence-electron chi connectivity index (χ1n) is 8.38. The van der Waals surface area contributed by atoms with E-state index in [0.29, 0.717) is 16.4 Å². The molecule has 138 valence electrons. The highest BCUT2D eigenvalue weighted by Crippen LogP contribution is 2.24. The van der Waals surface area contributed by atoms with Gasteiger partial charge in [0.25, 0.3) is 0 Å². The molecule has 1 N–H and O–H groups in total. The largest absolute Gasteiger partial charge is 0.325 e. The van der Waals surface area contributed by atoms with Gasteiger partial charge in [0.15, 0.2) is 5.78 Å². The normalized spacial score (nSPS) is 11.8. The van der Waals surface area contributed by atoms with E-state index in [1.807, 2.05) is 31.2 Å². The van der Waals surface area contributed by atoms with Crippen LogP contribution in [0.1, 0.15) is 29.8 Å². The Morgan fingerprint density at radius 1 is 1.15 bits per heavy atom. The first-order valence-corrected chi connectivity index (χ1v) is 9.26. The second-order valence-electron chi connectivity index (χ2n) is 6.10. The Morgan fingerprint density at radius 3 is 2.67 bits per heavy atom. The Labute approximate surface area is 161 Å². The minimum Gasteiger partial charge on any atom is -0.325 e. The van der Waals surface area contributed by atoms with E-state index in [2.05, 4.69) is 20.8 Å². The lowest BCUT2D eigenvalue weighted by Gasteiger charge is -2.12. The van der Waals surface area contributed by atoms with E-state index in [-0.39, 0.29) is 11.7 Å². The first kappa shape index (κ1) is 18.8. The van der Waals surface area contributed by atoms with Crippen molar-refractivity contribution in [2.24, 2.45) is 0 Å². The number of thioether (sulfide) groups is 1. The Hall–Kier alpha value is -3.00. The molecule has 1 amide bonds. The van der Waals surface area contributed by atoms with E-state index >= 15 is 0 Å². The summed E-state index contributed by atoms with van der Waals surface area (Å²) < 4.78 is 1.61. The summed E-state index contributed by atoms with van der Waals surface area (Å²) in [6, 6.07) is 14.7. The third-order valence-corrected chi connectivity index (χ3v) is 4.91. The first-order chi connectivity index (χ1) is 12.9. The average Bonchev–Trinajstić information content (AvgIpc) is 3.10. The third-order valence-electron chi connectivity index (χ3n) is 3.88. The Morgan fingerprint density at radius 2 is 1.93 bits per heavy atom. The third kappa shape index (κ3) is 4.59. The van der Waals surface area contributed by atoms with Crippen molar-refractivity contribution in [2.75, 3.05) is 5.32 Å². The van der Waals surface area contributed by atoms with Crippen molar-refractivity contribution in [1.82, 2.24) is 20.2 Å². The number of Topliss-reactive ketones (excluding diaryl/α,β-unsaturated/α-hetero) is 1. The van der Waals surface area contributed by atoms with Crippen LogP contribution in [0.3, 0.4) is 0 Å². The summed E-state index contributed by atoms with van der Waals surface area (Å²) in [6.45, 7) is 5.26. The van der Waals surface area contributed by atoms with Gasteiger partial charge in [-0.05, 0) is 61.0 Å². The molecule has 0 aliphatic rings. The van der Waals surface area contributed by atoms with Gasteiger partial charge in [0.2, 0.25) is 11.1 Å². The van der Waals surface area contributed by atoms with E-state index in [4.69, 9.17) is 0 Å². The van der Waals surface area contributed by atoms with Gasteiger partial charge in [-0.1, -0.05) is 36.0 Å². The molecule has 3 rings (SSSR count). The molecule has 2 aromatic carbocycles. The highest BCUT2D eigenvalue weighted by Gasteiger charge is 2.19. The standard InChI is InChI=1S/C19H19N5O2S/c1-12-6-4-9-17(10-12)24-19(21-22-23-24)27-14(3)18(26)20-16-8-5-7-15(11-16)13(2)25/h4-11,14H,1-3H3,(H,20,26). The van der Waals surface area contributed by atoms with Gasteiger partial charge in [0.05, 0.1) is 10.9 Å². The van der Waals surface area contributed by atoms with Gasteiger partial charge in [0.1, 0.15) is 0 Å². The van der Waals surface area contributed by atoms with Crippen molar-refractivity contribution in [3.63, 3.8) is 0 Å². The number of rotatable bonds is 6. The zero-order valence-corrected chi connectivity index (χ0v) is 16.0. The molecule has 0 bridgehead atoms. The number of amides is 1. The number of benzene rings is 2. The van der Waals surface area contributed by atoms with Crippen LogP contribution in [0.15, 0.2) is 53.7 Å². The van der Waals surface area contributed by atoms with Gasteiger partial charge in [-0.15, -0.1) is 5.10 Å². The van der Waals surface area contributed by atoms with Crippen molar-refractivity contribution in [1.29, 1.82) is 0 Å². The lowest BCUT2D eigenvalue weighted by molar-refractivity contribution is -0.115. The van der Waals surface area contributed by atoms with Crippen LogP contribution in [0.4, 0.5) is 5.69 Å². The summed E-state index contributed by atoms with van der Waals surface area (Å²) in [5, 5.41) is 14.7. The molecule has 0 radical (unpaired) electrons. The summed E-state index contributed by atoms with van der Waals surface area (Å²) in [5.74, 6) is -0.245. The lowest BCUT2D eigenvalue weighted by atomic mass is 10.1. The molecule has 0 aliphatic carbocycles. The van der Waals surface area contributed by atoms with E-state index in [0.717, 1.165) is 11.3 Å². The van der Waals surface area contributed by atoms with Gasteiger partial charge in [-0.3, -0.25) is 9.59 Å². The lowest BCUT2D eigenvalue weighted by Crippen LogP contribution is -2.23. The zero-order valence-electron chi connectivity index (χ0n) is 15.2. The average molecular weight is 381 g/mol. The van der Waals surface area contributed by atoms with Crippen LogP contribution in [-0.4, -0.2) is 37.1 Å². The SMILES string of the molecule is CC(=O)c1cccc(NC(=O)C(C)Sc2nnnn2-c2cccc(C)c2)c1. The molecule has 0 saturated carbocycles. The van der Waals surface area contributed by atoms with Crippen molar-refractivity contribution in [2.45, 2.75) is 31.2 Å². The number of ketones is 1. The molecule has 0 saturated heterocycles. The minimum absolute atomic E-state index is 0.0501. The quantitative estimate of drug-likeness (QED) is 0.520. The molecule has 7 nitrogen and oxygen atoms in total. The molecule has 3 aromatic rings. The number of aryl methyl sites for hydroxylation is 1. The number of tetrazole rings is 1. The highest BCUT2D eigenvalue weighted by atomic mass is 32.2. The second kappa shape index (κ2) is 8.13. The second-order valence-corrected chi connectivity index (χ2v) is 7.41. The Kier molecular flexibility index (Phi) is 5.66. The van der Waals surface area contributed by atoms with E-state index in [9.17, 15) is 9.59 Å². The topological polar surface area (TPSA) is 89.8 Å². The Balaban J connectivity index is 1.72. The van der Waals surface area contributed by atoms with Crippen LogP contribution in [0.5, 0.6) is 0 Å². The predicted octanol–water partition coefficient (Wildman–Crippen LogP) is 3.29. The Bertz CT molecular complexity index is 985. The van der Waals surface area contributed by atoms with Crippen molar-refractivity contribution >= 4 is 29.1 Å². The molecule has 1 heterocycles. The maximum Gasteiger partial charge on any atom is 0.237 e. The summed E-state index contributed by atoms with van der Waals surface area (Å²) in [5.41, 5.74) is 3.06. The van der Waals surface area contributed by atoms with Gasteiger partial charge in [0, 0.05) is 11.3 Å². The molecule has 8 heteroatoms. The number of nitrogens with zero attached hydrogens (tertiary/aromatic N) is 4. The molecule has 0 aliphatic heterocycles. The molecule has 1 aromatic heterocycles. The fraction of sp³-hybridized carbons (Fsp3) is 0.211. The number of hydrogen-bond donors (Lipinski definition) is 1. The summed E-state index contributed by atoms with van der Waals surface area (Å²) in [4.78, 5) is 24.0. The van der Waals surface area contributed by atoms with E-state index in [1.54, 1.807) is 35.9 Å². The van der Waals surface area contributed by atoms with Crippen LogP contribution >= 0.6 is 11.8 Å². The number of nitrogens with one attached hydrogen (secondary N) is 1. The van der Waals surface area contributed by atoms with Crippen LogP contribution in [0.2, 0.25) is 0 Å². The number of hydrogen-bond acceptors (Lipinski definition) is 6. The van der Waals surface area contributed by atoms with Gasteiger partial charge in [-0.25, -0.2) is 0 Å². The molecular weight excluding hydrogens is 362 g/mol. The zero-order chi connectivity index (χ0) is 19.4. The molecule has 0 fully saturated rings. The summed E-state index contributed by atoms with van der Waals surface area (Å²) in [6.07, 6.45) is 0. The monoisotopic (exact) mass is 381 g/mol. The van der Waals surface area contributed by atoms with E-state index in [1.165, 1.54) is 18.7 Å². The maximum absolute atomic E-state index is 12.5. The van der Waals surface area contributed by atoms with Crippen molar-refractivity contribution in [3.8, 4) is 5.69 Å². The molecule has 0 spiro atoms. The van der Waals surface area contributed by atoms with Crippen molar-refractivity contribution in [3.05, 3.63) is 59.7 Å². The minimum atomic E-state index is -0.430. The van der Waals surface area contributed by atoms with Crippen molar-refractivity contribution < 1.29 is 9.59 Å². The molecule has 27 heavy (non-hydrogen) atoms. The fourth-order valence-electron chi connectivity index (χ4n) is 2.45. The smallest absolute Gasteiger partial charge is 0.237 e. The van der Waals surface area contributed by atoms with Gasteiger partial charge in [-0.2, -0.15) is 4.68 Å². The maximum atomic E-state index is 12.5. The van der Waals surface area contributed by atoms with Crippen LogP contribution in [0, 0.1) is 6.92 Å². The molecule has 1 unspecified atom stereocenters. The number of carbonyl (C=O) groups excluding carboxylic acids is 2. The fourth-order valence-corrected chi connectivity index (χ4v) is 3.25. The van der Waals surface area contributed by atoms with Crippen LogP contribution in [-0.2, 0) is 4.79 Å². The van der Waals surface area contributed by atoms with Crippen LogP contribution in [0.25, 0.3) is 5.69 Å². The summed E-state index contributed by atoms with van der Waals surface area (Å²) in [7, 11) is 0. The molecule has 1 atom stereocenters. The number of carbonyl (C=O) groups is 2. The number of aromatic nitrogens is 4. The highest BCUT2D eigenvalue weighted by molar-refractivity contribution is 8.00. The van der Waals surface area contributed by atoms with Gasteiger partial charge >= 0.3 is 0 Å². The predicted molar refractivity (Wildman–Crippen MR) is 104 cm³/mol. The summed E-state index contributed by atoms with van der Waals surface area (Å²) >= 11 is 1.26. The molecular formula is C19H19N5O2S. The van der Waals surface area contributed by atoms with Crippen LogP contribution < -0.4 is 5.32 Å². The van der Waals surface area contributed by atoms with E-state index < -0.39 is 5.25 Å². The van der Waals surface area contributed by atoms with Gasteiger partial charge < -0.3 is 5.32 Å².